The molecular weight excluding hydrogens is 308 g/mol. The first-order valence-electron chi connectivity index (χ1n) is 4.75. The molecule has 0 spiro atoms. The van der Waals surface area contributed by atoms with E-state index >= 15 is 0 Å². The number of halogens is 1. The summed E-state index contributed by atoms with van der Waals surface area (Å²) in [6.07, 6.45) is 0.520. The van der Waals surface area contributed by atoms with Crippen molar-refractivity contribution in [1.29, 1.82) is 0 Å². The van der Waals surface area contributed by atoms with Gasteiger partial charge in [0.2, 0.25) is 0 Å². The smallest absolute Gasteiger partial charge is 0.261 e. The lowest BCUT2D eigenvalue weighted by Crippen LogP contribution is -2.34. The molecule has 0 saturated heterocycles. The molecule has 16 heavy (non-hydrogen) atoms. The maximum Gasteiger partial charge on any atom is 0.261 e. The van der Waals surface area contributed by atoms with Crippen LogP contribution in [0.1, 0.15) is 28.6 Å². The first-order valence-corrected chi connectivity index (χ1v) is 6.77. The Morgan fingerprint density at radius 1 is 1.75 bits per heavy atom. The number of nitrogens with one attached hydrogen (secondary N) is 1. The summed E-state index contributed by atoms with van der Waals surface area (Å²) in [5.41, 5.74) is 6.48. The number of rotatable bonds is 4. The Kier molecular flexibility index (Phi) is 4.89. The van der Waals surface area contributed by atoms with E-state index in [1.54, 1.807) is 0 Å². The van der Waals surface area contributed by atoms with Gasteiger partial charge in [0.1, 0.15) is 0 Å². The van der Waals surface area contributed by atoms with Crippen molar-refractivity contribution in [1.82, 2.24) is 5.32 Å². The van der Waals surface area contributed by atoms with Crippen LogP contribution in [-0.2, 0) is 0 Å². The Labute approximate surface area is 113 Å². The summed E-state index contributed by atoms with van der Waals surface area (Å²) in [6.45, 7) is 3.84. The Bertz CT molecular complexity index is 397. The number of thiocarbonyl (C=S) groups is 1. The van der Waals surface area contributed by atoms with Gasteiger partial charge in [-0.05, 0) is 41.4 Å². The molecule has 0 aromatic carbocycles. The Hall–Kier alpha value is -0.460. The van der Waals surface area contributed by atoms with Gasteiger partial charge in [0, 0.05) is 12.5 Å². The maximum atomic E-state index is 11.8. The van der Waals surface area contributed by atoms with Crippen LogP contribution in [0.25, 0.3) is 0 Å². The molecule has 1 unspecified atom stereocenters. The van der Waals surface area contributed by atoms with Crippen LogP contribution in [0.5, 0.6) is 0 Å². The molecule has 1 aromatic rings. The quantitative estimate of drug-likeness (QED) is 0.838. The molecule has 0 saturated carbocycles. The molecule has 1 rings (SSSR count). The van der Waals surface area contributed by atoms with Gasteiger partial charge in [-0.2, -0.15) is 0 Å². The number of carbonyl (C=O) groups is 1. The predicted molar refractivity (Wildman–Crippen MR) is 75.1 cm³/mol. The fourth-order valence-electron chi connectivity index (χ4n) is 1.22. The lowest BCUT2D eigenvalue weighted by atomic mass is 10.2. The SMILES string of the molecule is Cc1cc(C(=O)NC(C)CC(N)=S)sc1Br. The van der Waals surface area contributed by atoms with E-state index in [1.165, 1.54) is 11.3 Å². The molecule has 0 aliphatic heterocycles. The summed E-state index contributed by atoms with van der Waals surface area (Å²) in [6, 6.07) is 1.82. The van der Waals surface area contributed by atoms with Gasteiger partial charge < -0.3 is 11.1 Å². The van der Waals surface area contributed by atoms with Gasteiger partial charge in [-0.15, -0.1) is 11.3 Å². The molecule has 6 heteroatoms. The van der Waals surface area contributed by atoms with E-state index < -0.39 is 0 Å². The van der Waals surface area contributed by atoms with Crippen LogP contribution in [0.4, 0.5) is 0 Å². The van der Waals surface area contributed by atoms with Crippen LogP contribution in [0.15, 0.2) is 9.85 Å². The van der Waals surface area contributed by atoms with E-state index in [0.717, 1.165) is 9.35 Å². The van der Waals surface area contributed by atoms with Crippen LogP contribution in [0, 0.1) is 6.92 Å². The van der Waals surface area contributed by atoms with E-state index in [4.69, 9.17) is 18.0 Å². The third-order valence-corrected chi connectivity index (χ3v) is 4.27. The first kappa shape index (κ1) is 13.6. The molecule has 88 valence electrons. The van der Waals surface area contributed by atoms with Crippen LogP contribution in [0.3, 0.4) is 0 Å². The first-order chi connectivity index (χ1) is 7.40. The number of amides is 1. The van der Waals surface area contributed by atoms with Crippen molar-refractivity contribution < 1.29 is 4.79 Å². The third-order valence-electron chi connectivity index (χ3n) is 1.97. The second-order valence-corrected chi connectivity index (χ2v) is 6.51. The monoisotopic (exact) mass is 320 g/mol. The van der Waals surface area contributed by atoms with E-state index in [9.17, 15) is 4.79 Å². The summed E-state index contributed by atoms with van der Waals surface area (Å²) in [5.74, 6) is -0.0810. The van der Waals surface area contributed by atoms with Gasteiger partial charge in [-0.1, -0.05) is 12.2 Å². The van der Waals surface area contributed by atoms with Crippen molar-refractivity contribution in [2.24, 2.45) is 5.73 Å². The average molecular weight is 321 g/mol. The van der Waals surface area contributed by atoms with Crippen LogP contribution in [-0.4, -0.2) is 16.9 Å². The summed E-state index contributed by atoms with van der Waals surface area (Å²) >= 11 is 9.60. The molecule has 0 aliphatic rings. The highest BCUT2D eigenvalue weighted by Gasteiger charge is 2.13. The van der Waals surface area contributed by atoms with E-state index in [1.807, 2.05) is 19.9 Å². The molecule has 1 aromatic heterocycles. The molecule has 0 fully saturated rings. The Morgan fingerprint density at radius 3 is 2.81 bits per heavy atom. The molecule has 0 radical (unpaired) electrons. The van der Waals surface area contributed by atoms with Gasteiger partial charge in [0.25, 0.3) is 5.91 Å². The van der Waals surface area contributed by atoms with Crippen molar-refractivity contribution in [3.05, 3.63) is 20.3 Å². The summed E-state index contributed by atoms with van der Waals surface area (Å²) in [5, 5.41) is 2.85. The number of aryl methyl sites for hydroxylation is 1. The molecular formula is C10H13BrN2OS2. The van der Waals surface area contributed by atoms with E-state index in [2.05, 4.69) is 21.2 Å². The molecule has 3 N–H and O–H groups in total. The second kappa shape index (κ2) is 5.75. The minimum atomic E-state index is -0.0810. The minimum Gasteiger partial charge on any atom is -0.393 e. The zero-order chi connectivity index (χ0) is 12.3. The van der Waals surface area contributed by atoms with Gasteiger partial charge >= 0.3 is 0 Å². The van der Waals surface area contributed by atoms with Gasteiger partial charge in [-0.25, -0.2) is 0 Å². The normalized spacial score (nSPS) is 12.2. The fraction of sp³-hybridized carbons (Fsp3) is 0.400. The van der Waals surface area contributed by atoms with Crippen molar-refractivity contribution in [2.45, 2.75) is 26.3 Å². The number of hydrogen-bond donors (Lipinski definition) is 2. The highest BCUT2D eigenvalue weighted by molar-refractivity contribution is 9.11. The fourth-order valence-corrected chi connectivity index (χ4v) is 2.91. The molecule has 1 atom stereocenters. The van der Waals surface area contributed by atoms with Crippen molar-refractivity contribution in [3.63, 3.8) is 0 Å². The molecule has 0 bridgehead atoms. The van der Waals surface area contributed by atoms with E-state index in [-0.39, 0.29) is 11.9 Å². The van der Waals surface area contributed by atoms with Crippen LogP contribution >= 0.6 is 39.5 Å². The van der Waals surface area contributed by atoms with Gasteiger partial charge in [0.05, 0.1) is 13.7 Å². The minimum absolute atomic E-state index is 0.0359. The third kappa shape index (κ3) is 3.84. The topological polar surface area (TPSA) is 55.1 Å². The average Bonchev–Trinajstić information content (AvgIpc) is 2.45. The molecule has 3 nitrogen and oxygen atoms in total. The van der Waals surface area contributed by atoms with Crippen molar-refractivity contribution in [2.75, 3.05) is 0 Å². The highest BCUT2D eigenvalue weighted by Crippen LogP contribution is 2.27. The predicted octanol–water partition coefficient (Wildman–Crippen LogP) is 2.61. The molecule has 0 aliphatic carbocycles. The van der Waals surface area contributed by atoms with Gasteiger partial charge in [0.15, 0.2) is 0 Å². The lowest BCUT2D eigenvalue weighted by Gasteiger charge is -2.11. The number of hydrogen-bond acceptors (Lipinski definition) is 3. The summed E-state index contributed by atoms with van der Waals surface area (Å²) < 4.78 is 0.986. The van der Waals surface area contributed by atoms with E-state index in [0.29, 0.717) is 16.3 Å². The zero-order valence-electron chi connectivity index (χ0n) is 9.04. The van der Waals surface area contributed by atoms with Crippen molar-refractivity contribution >= 4 is 50.4 Å². The van der Waals surface area contributed by atoms with Crippen LogP contribution in [0.2, 0.25) is 0 Å². The lowest BCUT2D eigenvalue weighted by molar-refractivity contribution is 0.0945. The number of nitrogens with two attached hydrogens (primary N) is 1. The largest absolute Gasteiger partial charge is 0.393 e. The van der Waals surface area contributed by atoms with Crippen molar-refractivity contribution in [3.8, 4) is 0 Å². The molecule has 1 heterocycles. The van der Waals surface area contributed by atoms with Gasteiger partial charge in [-0.3, -0.25) is 4.79 Å². The summed E-state index contributed by atoms with van der Waals surface area (Å²) in [4.78, 5) is 12.9. The zero-order valence-corrected chi connectivity index (χ0v) is 12.3. The molecule has 1 amide bonds. The summed E-state index contributed by atoms with van der Waals surface area (Å²) in [7, 11) is 0. The Balaban J connectivity index is 2.62. The maximum absolute atomic E-state index is 11.8. The Morgan fingerprint density at radius 2 is 2.38 bits per heavy atom. The number of thiophene rings is 1. The highest BCUT2D eigenvalue weighted by atomic mass is 79.9. The second-order valence-electron chi connectivity index (χ2n) is 3.61. The standard InChI is InChI=1S/C10H13BrN2OS2/c1-5-3-7(16-9(5)11)10(14)13-6(2)4-8(12)15/h3,6H,4H2,1-2H3,(H2,12,15)(H,13,14). The number of carbonyl (C=O) groups excluding carboxylic acids is 1. The van der Waals surface area contributed by atoms with Crippen LogP contribution < -0.4 is 11.1 Å².